The van der Waals surface area contributed by atoms with Gasteiger partial charge in [-0.15, -0.1) is 24.0 Å². The van der Waals surface area contributed by atoms with Gasteiger partial charge in [0, 0.05) is 32.1 Å². The molecule has 1 atom stereocenters. The molecule has 164 valence electrons. The predicted molar refractivity (Wildman–Crippen MR) is 130 cm³/mol. The molecule has 0 saturated carbocycles. The summed E-state index contributed by atoms with van der Waals surface area (Å²) in [6, 6.07) is 6.38. The number of aryl methyl sites for hydroxylation is 1. The van der Waals surface area contributed by atoms with E-state index in [0.717, 1.165) is 43.3 Å². The molecule has 2 saturated heterocycles. The second-order valence-corrected chi connectivity index (χ2v) is 7.82. The summed E-state index contributed by atoms with van der Waals surface area (Å²) in [6.45, 7) is 9.00. The van der Waals surface area contributed by atoms with Gasteiger partial charge in [0.1, 0.15) is 11.9 Å². The van der Waals surface area contributed by atoms with Crippen LogP contribution in [-0.4, -0.2) is 63.4 Å². The first-order chi connectivity index (χ1) is 13.7. The highest BCUT2D eigenvalue weighted by Crippen LogP contribution is 2.23. The van der Waals surface area contributed by atoms with E-state index in [1.54, 1.807) is 0 Å². The van der Waals surface area contributed by atoms with Gasteiger partial charge >= 0.3 is 0 Å². The first-order valence-electron chi connectivity index (χ1n) is 10.8. The lowest BCUT2D eigenvalue weighted by Crippen LogP contribution is -2.37. The summed E-state index contributed by atoms with van der Waals surface area (Å²) >= 11 is 0. The molecule has 2 aliphatic heterocycles. The second-order valence-electron chi connectivity index (χ2n) is 7.82. The van der Waals surface area contributed by atoms with Crippen molar-refractivity contribution in [1.82, 2.24) is 15.5 Å². The quantitative estimate of drug-likeness (QED) is 0.228. The van der Waals surface area contributed by atoms with Crippen LogP contribution in [0.2, 0.25) is 0 Å². The highest BCUT2D eigenvalue weighted by molar-refractivity contribution is 14.0. The van der Waals surface area contributed by atoms with E-state index in [1.807, 2.05) is 7.05 Å². The Balaban J connectivity index is 0.00000300. The number of hydrogen-bond donors (Lipinski definition) is 2. The van der Waals surface area contributed by atoms with Gasteiger partial charge < -0.3 is 25.0 Å². The minimum atomic E-state index is 0. The zero-order valence-corrected chi connectivity index (χ0v) is 20.2. The van der Waals surface area contributed by atoms with Crippen LogP contribution in [0, 0.1) is 6.92 Å². The number of guanidine groups is 1. The van der Waals surface area contributed by atoms with Crippen LogP contribution in [0.25, 0.3) is 0 Å². The van der Waals surface area contributed by atoms with E-state index >= 15 is 0 Å². The summed E-state index contributed by atoms with van der Waals surface area (Å²) in [5, 5.41) is 6.85. The molecule has 3 rings (SSSR count). The summed E-state index contributed by atoms with van der Waals surface area (Å²) in [5.74, 6) is 1.79. The Hall–Kier alpha value is -1.06. The number of unbranched alkanes of at least 4 members (excludes halogenated alkanes) is 1. The van der Waals surface area contributed by atoms with Crippen LogP contribution in [0.4, 0.5) is 0 Å². The van der Waals surface area contributed by atoms with Crippen molar-refractivity contribution < 1.29 is 9.47 Å². The molecule has 0 aliphatic carbocycles. The number of rotatable bonds is 9. The summed E-state index contributed by atoms with van der Waals surface area (Å²) in [5.41, 5.74) is 2.35. The number of nitrogens with one attached hydrogen (secondary N) is 2. The molecule has 2 N–H and O–H groups in total. The van der Waals surface area contributed by atoms with Crippen LogP contribution in [0.5, 0.6) is 5.75 Å². The Morgan fingerprint density at radius 1 is 1.24 bits per heavy atom. The molecule has 1 aromatic rings. The zero-order chi connectivity index (χ0) is 19.6. The van der Waals surface area contributed by atoms with Gasteiger partial charge in [-0.1, -0.05) is 12.1 Å². The van der Waals surface area contributed by atoms with Gasteiger partial charge in [0.25, 0.3) is 0 Å². The molecule has 0 aromatic heterocycles. The lowest BCUT2D eigenvalue weighted by Gasteiger charge is -2.18. The lowest BCUT2D eigenvalue weighted by molar-refractivity contribution is 0.140. The molecule has 0 amide bonds. The van der Waals surface area contributed by atoms with Crippen molar-refractivity contribution in [3.05, 3.63) is 29.3 Å². The fraction of sp³-hybridized carbons (Fsp3) is 0.682. The number of ether oxygens (including phenoxy) is 2. The van der Waals surface area contributed by atoms with Gasteiger partial charge in [-0.05, 0) is 63.9 Å². The van der Waals surface area contributed by atoms with Crippen LogP contribution in [0.15, 0.2) is 23.2 Å². The van der Waals surface area contributed by atoms with Crippen molar-refractivity contribution in [2.45, 2.75) is 51.7 Å². The van der Waals surface area contributed by atoms with E-state index in [-0.39, 0.29) is 30.1 Å². The van der Waals surface area contributed by atoms with Crippen molar-refractivity contribution in [3.63, 3.8) is 0 Å². The maximum absolute atomic E-state index is 6.19. The third-order valence-electron chi connectivity index (χ3n) is 5.47. The standard InChI is InChI=1S/C22H36N4O2.HI/c1-18-7-8-19(21(15-18)28-20-9-14-27-17-20)16-25-22(23-2)24-10-3-4-11-26-12-5-6-13-26;/h7-8,15,20H,3-6,9-14,16-17H2,1-2H3,(H2,23,24,25);1H. The predicted octanol–water partition coefficient (Wildman–Crippen LogP) is 3.32. The van der Waals surface area contributed by atoms with Gasteiger partial charge in [-0.3, -0.25) is 4.99 Å². The molecule has 2 aliphatic rings. The van der Waals surface area contributed by atoms with E-state index < -0.39 is 0 Å². The third-order valence-corrected chi connectivity index (χ3v) is 5.47. The number of aliphatic imine (C=N–C) groups is 1. The second kappa shape index (κ2) is 13.3. The average molecular weight is 516 g/mol. The van der Waals surface area contributed by atoms with E-state index in [1.165, 1.54) is 44.5 Å². The van der Waals surface area contributed by atoms with Crippen LogP contribution in [0.1, 0.15) is 43.2 Å². The molecule has 2 heterocycles. The zero-order valence-electron chi connectivity index (χ0n) is 17.9. The molecule has 29 heavy (non-hydrogen) atoms. The van der Waals surface area contributed by atoms with Gasteiger partial charge in [0.2, 0.25) is 0 Å². The molecule has 7 heteroatoms. The van der Waals surface area contributed by atoms with Crippen molar-refractivity contribution in [2.24, 2.45) is 4.99 Å². The minimum Gasteiger partial charge on any atom is -0.488 e. The molecule has 1 aromatic carbocycles. The van der Waals surface area contributed by atoms with Crippen LogP contribution < -0.4 is 15.4 Å². The minimum absolute atomic E-state index is 0. The summed E-state index contributed by atoms with van der Waals surface area (Å²) in [6.07, 6.45) is 6.26. The topological polar surface area (TPSA) is 58.1 Å². The number of hydrogen-bond acceptors (Lipinski definition) is 4. The van der Waals surface area contributed by atoms with E-state index in [2.05, 4.69) is 45.6 Å². The summed E-state index contributed by atoms with van der Waals surface area (Å²) < 4.78 is 11.6. The van der Waals surface area contributed by atoms with Crippen molar-refractivity contribution in [3.8, 4) is 5.75 Å². The molecule has 0 bridgehead atoms. The SMILES string of the molecule is CN=C(NCCCCN1CCCC1)NCc1ccc(C)cc1OC1CCOC1.I. The number of nitrogens with zero attached hydrogens (tertiary/aromatic N) is 2. The highest BCUT2D eigenvalue weighted by atomic mass is 127. The van der Waals surface area contributed by atoms with Gasteiger partial charge in [-0.2, -0.15) is 0 Å². The smallest absolute Gasteiger partial charge is 0.191 e. The monoisotopic (exact) mass is 516 g/mol. The van der Waals surface area contributed by atoms with Crippen molar-refractivity contribution >= 4 is 29.9 Å². The maximum Gasteiger partial charge on any atom is 0.191 e. The Bertz CT molecular complexity index is 629. The number of halogens is 1. The molecular formula is C22H37IN4O2. The lowest BCUT2D eigenvalue weighted by atomic mass is 10.1. The van der Waals surface area contributed by atoms with Crippen LogP contribution in [-0.2, 0) is 11.3 Å². The largest absolute Gasteiger partial charge is 0.488 e. The van der Waals surface area contributed by atoms with Gasteiger partial charge in [0.05, 0.1) is 13.2 Å². The Kier molecular flexibility index (Phi) is 11.1. The average Bonchev–Trinajstić information content (AvgIpc) is 3.39. The van der Waals surface area contributed by atoms with E-state index in [4.69, 9.17) is 9.47 Å². The van der Waals surface area contributed by atoms with Crippen LogP contribution in [0.3, 0.4) is 0 Å². The number of benzene rings is 1. The van der Waals surface area contributed by atoms with E-state index in [0.29, 0.717) is 13.2 Å². The summed E-state index contributed by atoms with van der Waals surface area (Å²) in [7, 11) is 1.82. The van der Waals surface area contributed by atoms with Crippen LogP contribution >= 0.6 is 24.0 Å². The van der Waals surface area contributed by atoms with E-state index in [9.17, 15) is 0 Å². The Morgan fingerprint density at radius 2 is 2.07 bits per heavy atom. The molecule has 2 fully saturated rings. The Morgan fingerprint density at radius 3 is 2.79 bits per heavy atom. The van der Waals surface area contributed by atoms with Gasteiger partial charge in [0.15, 0.2) is 5.96 Å². The molecule has 0 radical (unpaired) electrons. The first kappa shape index (κ1) is 24.2. The van der Waals surface area contributed by atoms with Gasteiger partial charge in [-0.25, -0.2) is 0 Å². The normalized spacial score (nSPS) is 19.8. The highest BCUT2D eigenvalue weighted by Gasteiger charge is 2.18. The summed E-state index contributed by atoms with van der Waals surface area (Å²) in [4.78, 5) is 6.92. The fourth-order valence-corrected chi connectivity index (χ4v) is 3.78. The molecule has 6 nitrogen and oxygen atoms in total. The number of likely N-dealkylation sites (tertiary alicyclic amines) is 1. The Labute approximate surface area is 192 Å². The first-order valence-corrected chi connectivity index (χ1v) is 10.8. The van der Waals surface area contributed by atoms with Crippen molar-refractivity contribution in [2.75, 3.05) is 46.4 Å². The van der Waals surface area contributed by atoms with Crippen molar-refractivity contribution in [1.29, 1.82) is 0 Å². The maximum atomic E-state index is 6.19. The molecular weight excluding hydrogens is 479 g/mol. The third kappa shape index (κ3) is 8.30. The fourth-order valence-electron chi connectivity index (χ4n) is 3.78. The molecule has 1 unspecified atom stereocenters. The molecule has 0 spiro atoms.